The summed E-state index contributed by atoms with van der Waals surface area (Å²) in [6.07, 6.45) is 7.10. The number of rotatable bonds is 0. The third-order valence-corrected chi connectivity index (χ3v) is 4.64. The van der Waals surface area contributed by atoms with Crippen LogP contribution in [0.4, 0.5) is 0 Å². The van der Waals surface area contributed by atoms with Crippen molar-refractivity contribution in [2.24, 2.45) is 29.1 Å². The van der Waals surface area contributed by atoms with E-state index in [1.807, 2.05) is 0 Å². The SMILES string of the molecule is CC1(C)C=CC2C3CC(CC3O)C21. The van der Waals surface area contributed by atoms with E-state index >= 15 is 0 Å². The van der Waals surface area contributed by atoms with Gasteiger partial charge in [0, 0.05) is 0 Å². The summed E-state index contributed by atoms with van der Waals surface area (Å²) < 4.78 is 0. The molecular weight excluding hydrogens is 160 g/mol. The van der Waals surface area contributed by atoms with Crippen LogP contribution in [-0.4, -0.2) is 11.2 Å². The Bertz CT molecular complexity index is 266. The molecule has 0 heterocycles. The van der Waals surface area contributed by atoms with Crippen LogP contribution in [0.15, 0.2) is 12.2 Å². The van der Waals surface area contributed by atoms with Crippen molar-refractivity contribution in [2.75, 3.05) is 0 Å². The Balaban J connectivity index is 1.97. The molecule has 0 aromatic rings. The number of aliphatic hydroxyl groups is 1. The van der Waals surface area contributed by atoms with Crippen molar-refractivity contribution in [1.82, 2.24) is 0 Å². The van der Waals surface area contributed by atoms with Gasteiger partial charge in [0.2, 0.25) is 0 Å². The zero-order valence-corrected chi connectivity index (χ0v) is 8.40. The summed E-state index contributed by atoms with van der Waals surface area (Å²) in [5.41, 5.74) is 0.393. The second-order valence-corrected chi connectivity index (χ2v) is 5.75. The number of aliphatic hydroxyl groups excluding tert-OH is 1. The zero-order valence-electron chi connectivity index (χ0n) is 8.40. The van der Waals surface area contributed by atoms with E-state index in [0.29, 0.717) is 17.3 Å². The molecule has 5 atom stereocenters. The van der Waals surface area contributed by atoms with Crippen molar-refractivity contribution >= 4 is 0 Å². The number of hydrogen-bond donors (Lipinski definition) is 1. The number of allylic oxidation sites excluding steroid dienone is 2. The van der Waals surface area contributed by atoms with Gasteiger partial charge in [-0.2, -0.15) is 0 Å². The molecule has 0 spiro atoms. The lowest BCUT2D eigenvalue weighted by molar-refractivity contribution is 0.0503. The maximum Gasteiger partial charge on any atom is 0.0577 e. The highest BCUT2D eigenvalue weighted by atomic mass is 16.3. The van der Waals surface area contributed by atoms with Crippen molar-refractivity contribution in [3.63, 3.8) is 0 Å². The van der Waals surface area contributed by atoms with Gasteiger partial charge >= 0.3 is 0 Å². The molecule has 1 N–H and O–H groups in total. The quantitative estimate of drug-likeness (QED) is 0.564. The van der Waals surface area contributed by atoms with Gasteiger partial charge in [-0.1, -0.05) is 26.0 Å². The Morgan fingerprint density at radius 1 is 1.31 bits per heavy atom. The molecule has 5 unspecified atom stereocenters. The molecule has 0 radical (unpaired) electrons. The molecule has 2 saturated carbocycles. The molecule has 72 valence electrons. The average molecular weight is 178 g/mol. The van der Waals surface area contributed by atoms with Gasteiger partial charge in [0.1, 0.15) is 0 Å². The first-order chi connectivity index (χ1) is 6.09. The maximum absolute atomic E-state index is 9.80. The van der Waals surface area contributed by atoms with Gasteiger partial charge in [-0.05, 0) is 41.9 Å². The summed E-state index contributed by atoms with van der Waals surface area (Å²) >= 11 is 0. The van der Waals surface area contributed by atoms with Crippen LogP contribution in [0.3, 0.4) is 0 Å². The van der Waals surface area contributed by atoms with Gasteiger partial charge < -0.3 is 5.11 Å². The van der Waals surface area contributed by atoms with Crippen LogP contribution >= 0.6 is 0 Å². The molecule has 3 aliphatic carbocycles. The first-order valence-corrected chi connectivity index (χ1v) is 5.47. The monoisotopic (exact) mass is 178 g/mol. The minimum Gasteiger partial charge on any atom is -0.393 e. The Hall–Kier alpha value is -0.300. The molecule has 0 aromatic carbocycles. The second kappa shape index (κ2) is 2.20. The molecule has 0 aliphatic heterocycles. The van der Waals surface area contributed by atoms with Crippen molar-refractivity contribution in [3.05, 3.63) is 12.2 Å². The molecule has 3 rings (SSSR count). The minimum absolute atomic E-state index is 0.00444. The smallest absolute Gasteiger partial charge is 0.0577 e. The first kappa shape index (κ1) is 8.05. The third-order valence-electron chi connectivity index (χ3n) is 4.64. The van der Waals surface area contributed by atoms with E-state index in [-0.39, 0.29) is 6.10 Å². The van der Waals surface area contributed by atoms with Gasteiger partial charge in [-0.25, -0.2) is 0 Å². The summed E-state index contributed by atoms with van der Waals surface area (Å²) in [4.78, 5) is 0. The van der Waals surface area contributed by atoms with E-state index < -0.39 is 0 Å². The average Bonchev–Trinajstić information content (AvgIpc) is 2.62. The van der Waals surface area contributed by atoms with E-state index in [1.54, 1.807) is 0 Å². The van der Waals surface area contributed by atoms with E-state index in [2.05, 4.69) is 26.0 Å². The summed E-state index contributed by atoms with van der Waals surface area (Å²) in [7, 11) is 0. The minimum atomic E-state index is 0.00444. The van der Waals surface area contributed by atoms with E-state index in [4.69, 9.17) is 0 Å². The standard InChI is InChI=1S/C12H18O/c1-12(2)4-3-8-9-5-7(11(8)12)6-10(9)13/h3-4,7-11,13H,5-6H2,1-2H3. The lowest BCUT2D eigenvalue weighted by atomic mass is 9.70. The highest BCUT2D eigenvalue weighted by Gasteiger charge is 2.57. The maximum atomic E-state index is 9.80. The largest absolute Gasteiger partial charge is 0.393 e. The summed E-state index contributed by atoms with van der Waals surface area (Å²) in [6.45, 7) is 4.70. The molecule has 2 fully saturated rings. The van der Waals surface area contributed by atoms with Crippen molar-refractivity contribution in [1.29, 1.82) is 0 Å². The first-order valence-electron chi connectivity index (χ1n) is 5.47. The molecule has 0 aromatic heterocycles. The van der Waals surface area contributed by atoms with Crippen LogP contribution in [0.1, 0.15) is 26.7 Å². The molecule has 2 bridgehead atoms. The Kier molecular flexibility index (Phi) is 1.36. The van der Waals surface area contributed by atoms with Crippen LogP contribution in [0.25, 0.3) is 0 Å². The molecule has 3 aliphatic rings. The van der Waals surface area contributed by atoms with Gasteiger partial charge in [0.15, 0.2) is 0 Å². The molecule has 13 heavy (non-hydrogen) atoms. The van der Waals surface area contributed by atoms with Crippen LogP contribution in [0, 0.1) is 29.1 Å². The lowest BCUT2D eigenvalue weighted by Gasteiger charge is -2.36. The van der Waals surface area contributed by atoms with Crippen molar-refractivity contribution in [2.45, 2.75) is 32.8 Å². The Morgan fingerprint density at radius 3 is 2.85 bits per heavy atom. The molecule has 1 heteroatoms. The van der Waals surface area contributed by atoms with Crippen molar-refractivity contribution < 1.29 is 5.11 Å². The fraction of sp³-hybridized carbons (Fsp3) is 0.833. The Labute approximate surface area is 79.8 Å². The second-order valence-electron chi connectivity index (χ2n) is 5.75. The fourth-order valence-electron chi connectivity index (χ4n) is 4.21. The zero-order chi connectivity index (χ0) is 9.22. The fourth-order valence-corrected chi connectivity index (χ4v) is 4.21. The number of fused-ring (bicyclic) bond motifs is 5. The van der Waals surface area contributed by atoms with Gasteiger partial charge in [0.05, 0.1) is 6.10 Å². The van der Waals surface area contributed by atoms with Crippen molar-refractivity contribution in [3.8, 4) is 0 Å². The topological polar surface area (TPSA) is 20.2 Å². The summed E-state index contributed by atoms with van der Waals surface area (Å²) in [5.74, 6) is 2.92. The molecule has 1 nitrogen and oxygen atoms in total. The van der Waals surface area contributed by atoms with Crippen LogP contribution in [0.5, 0.6) is 0 Å². The van der Waals surface area contributed by atoms with Gasteiger partial charge in [-0.15, -0.1) is 0 Å². The Morgan fingerprint density at radius 2 is 2.08 bits per heavy atom. The third kappa shape index (κ3) is 0.864. The van der Waals surface area contributed by atoms with Crippen LogP contribution in [0.2, 0.25) is 0 Å². The molecule has 0 saturated heterocycles. The summed E-state index contributed by atoms with van der Waals surface area (Å²) in [5, 5.41) is 9.80. The predicted molar refractivity (Wildman–Crippen MR) is 52.1 cm³/mol. The van der Waals surface area contributed by atoms with E-state index in [9.17, 15) is 5.11 Å². The molecular formula is C12H18O. The molecule has 0 amide bonds. The van der Waals surface area contributed by atoms with Crippen LogP contribution in [-0.2, 0) is 0 Å². The lowest BCUT2D eigenvalue weighted by Crippen LogP contribution is -2.33. The van der Waals surface area contributed by atoms with Gasteiger partial charge in [0.25, 0.3) is 0 Å². The van der Waals surface area contributed by atoms with E-state index in [1.165, 1.54) is 6.42 Å². The highest BCUT2D eigenvalue weighted by Crippen LogP contribution is 2.61. The number of hydrogen-bond acceptors (Lipinski definition) is 1. The normalized spacial score (nSPS) is 55.8. The predicted octanol–water partition coefficient (Wildman–Crippen LogP) is 2.22. The van der Waals surface area contributed by atoms with E-state index in [0.717, 1.165) is 18.3 Å². The van der Waals surface area contributed by atoms with Crippen LogP contribution < -0.4 is 0 Å². The highest BCUT2D eigenvalue weighted by molar-refractivity contribution is 5.20. The summed E-state index contributed by atoms with van der Waals surface area (Å²) in [6, 6.07) is 0. The van der Waals surface area contributed by atoms with Gasteiger partial charge in [-0.3, -0.25) is 0 Å².